The van der Waals surface area contributed by atoms with Crippen molar-refractivity contribution < 1.29 is 4.79 Å². The summed E-state index contributed by atoms with van der Waals surface area (Å²) in [7, 11) is 0. The van der Waals surface area contributed by atoms with Crippen LogP contribution in [0.1, 0.15) is 12.5 Å². The maximum atomic E-state index is 12.0. The minimum absolute atomic E-state index is 0.0350. The molecular weight excluding hydrogens is 274 g/mol. The summed E-state index contributed by atoms with van der Waals surface area (Å²) in [5.41, 5.74) is 1.07. The van der Waals surface area contributed by atoms with Crippen LogP contribution >= 0.6 is 11.6 Å². The number of likely N-dealkylation sites (N-methyl/N-ethyl adjacent to an activating group) is 1. The van der Waals surface area contributed by atoms with Crippen molar-refractivity contribution in [1.29, 1.82) is 0 Å². The van der Waals surface area contributed by atoms with E-state index in [1.165, 1.54) is 0 Å². The number of nitrogens with one attached hydrogen (secondary N) is 1. The van der Waals surface area contributed by atoms with E-state index in [4.69, 9.17) is 11.6 Å². The molecule has 0 saturated carbocycles. The number of carbonyl (C=O) groups is 1. The molecule has 1 aromatic rings. The first-order valence-corrected chi connectivity index (χ1v) is 7.57. The minimum Gasteiger partial charge on any atom is -0.338 e. The molecule has 1 fully saturated rings. The second-order valence-electron chi connectivity index (χ2n) is 4.99. The Hall–Kier alpha value is -1.26. The van der Waals surface area contributed by atoms with Gasteiger partial charge in [0.25, 0.3) is 0 Å². The van der Waals surface area contributed by atoms with Gasteiger partial charge in [0.05, 0.1) is 0 Å². The summed E-state index contributed by atoms with van der Waals surface area (Å²) in [6.45, 7) is 7.39. The summed E-state index contributed by atoms with van der Waals surface area (Å²) in [5, 5.41) is 3.73. The molecule has 1 aromatic carbocycles. The molecule has 0 aliphatic carbocycles. The molecule has 0 atom stereocenters. The monoisotopic (exact) mass is 295 g/mol. The van der Waals surface area contributed by atoms with Crippen LogP contribution in [-0.4, -0.2) is 55.1 Å². The molecule has 20 heavy (non-hydrogen) atoms. The van der Waals surface area contributed by atoms with Crippen molar-refractivity contribution in [2.75, 3.05) is 39.3 Å². The fourth-order valence-corrected chi connectivity index (χ4v) is 2.61. The highest BCUT2D eigenvalue weighted by atomic mass is 35.5. The molecule has 1 N–H and O–H groups in total. The van der Waals surface area contributed by atoms with Gasteiger partial charge in [0.2, 0.25) is 0 Å². The molecule has 0 aromatic heterocycles. The number of hydrogen-bond acceptors (Lipinski definition) is 2. The van der Waals surface area contributed by atoms with E-state index in [1.807, 2.05) is 29.2 Å². The van der Waals surface area contributed by atoms with Gasteiger partial charge in [-0.3, -0.25) is 0 Å². The van der Waals surface area contributed by atoms with E-state index < -0.39 is 0 Å². The lowest BCUT2D eigenvalue weighted by atomic mass is 10.1. The van der Waals surface area contributed by atoms with E-state index >= 15 is 0 Å². The maximum absolute atomic E-state index is 12.0. The number of amides is 2. The smallest absolute Gasteiger partial charge is 0.317 e. The highest BCUT2D eigenvalue weighted by molar-refractivity contribution is 6.31. The molecule has 1 aliphatic rings. The zero-order valence-corrected chi connectivity index (χ0v) is 12.7. The van der Waals surface area contributed by atoms with Crippen molar-refractivity contribution in [3.63, 3.8) is 0 Å². The van der Waals surface area contributed by atoms with Gasteiger partial charge in [0.1, 0.15) is 0 Å². The summed E-state index contributed by atoms with van der Waals surface area (Å²) in [6.07, 6.45) is 0.764. The van der Waals surface area contributed by atoms with Crippen LogP contribution in [0.5, 0.6) is 0 Å². The lowest BCUT2D eigenvalue weighted by molar-refractivity contribution is 0.143. The summed E-state index contributed by atoms with van der Waals surface area (Å²) >= 11 is 6.09. The van der Waals surface area contributed by atoms with Gasteiger partial charge in [0, 0.05) is 37.7 Å². The fraction of sp³-hybridized carbons (Fsp3) is 0.533. The third kappa shape index (κ3) is 4.12. The first kappa shape index (κ1) is 15.1. The van der Waals surface area contributed by atoms with Crippen LogP contribution in [0.2, 0.25) is 5.02 Å². The Bertz CT molecular complexity index is 444. The molecule has 5 heteroatoms. The zero-order chi connectivity index (χ0) is 14.4. The molecular formula is C15H22ClN3O. The predicted octanol–water partition coefficient (Wildman–Crippen LogP) is 2.23. The highest BCUT2D eigenvalue weighted by Crippen LogP contribution is 2.14. The quantitative estimate of drug-likeness (QED) is 0.924. The summed E-state index contributed by atoms with van der Waals surface area (Å²) in [6, 6.07) is 7.79. The molecule has 0 unspecified atom stereocenters. The normalized spacial score (nSPS) is 16.2. The number of carbonyl (C=O) groups excluding carboxylic acids is 1. The van der Waals surface area contributed by atoms with E-state index in [0.717, 1.165) is 49.7 Å². The van der Waals surface area contributed by atoms with Crippen molar-refractivity contribution in [1.82, 2.24) is 15.1 Å². The first-order chi connectivity index (χ1) is 9.70. The third-order valence-corrected chi connectivity index (χ3v) is 4.10. The van der Waals surface area contributed by atoms with E-state index in [1.54, 1.807) is 0 Å². The number of benzene rings is 1. The summed E-state index contributed by atoms with van der Waals surface area (Å²) in [4.78, 5) is 16.3. The Balaban J connectivity index is 1.72. The summed E-state index contributed by atoms with van der Waals surface area (Å²) in [5.74, 6) is 0. The van der Waals surface area contributed by atoms with Gasteiger partial charge in [0.15, 0.2) is 0 Å². The average molecular weight is 296 g/mol. The number of halogens is 1. The van der Waals surface area contributed by atoms with Crippen LogP contribution in [0.3, 0.4) is 0 Å². The number of nitrogens with zero attached hydrogens (tertiary/aromatic N) is 2. The predicted molar refractivity (Wildman–Crippen MR) is 82.2 cm³/mol. The Morgan fingerprint density at radius 3 is 2.60 bits per heavy atom. The van der Waals surface area contributed by atoms with Gasteiger partial charge < -0.3 is 15.1 Å². The molecule has 2 rings (SSSR count). The Morgan fingerprint density at radius 1 is 1.25 bits per heavy atom. The largest absolute Gasteiger partial charge is 0.338 e. The van der Waals surface area contributed by atoms with Crippen molar-refractivity contribution in [2.24, 2.45) is 0 Å². The zero-order valence-electron chi connectivity index (χ0n) is 11.9. The number of rotatable bonds is 4. The SMILES string of the molecule is CCN1CCN(C(=O)NCCc2ccccc2Cl)CC1. The number of piperazine rings is 1. The van der Waals surface area contributed by atoms with Gasteiger partial charge in [-0.25, -0.2) is 4.79 Å². The molecule has 1 aliphatic heterocycles. The Labute approximate surface area is 125 Å². The molecule has 2 amide bonds. The molecule has 0 bridgehead atoms. The van der Waals surface area contributed by atoms with Crippen LogP contribution < -0.4 is 5.32 Å². The molecule has 1 saturated heterocycles. The van der Waals surface area contributed by atoms with Crippen molar-refractivity contribution in [2.45, 2.75) is 13.3 Å². The highest BCUT2D eigenvalue weighted by Gasteiger charge is 2.19. The lowest BCUT2D eigenvalue weighted by Gasteiger charge is -2.34. The van der Waals surface area contributed by atoms with Crippen molar-refractivity contribution >= 4 is 17.6 Å². The fourth-order valence-electron chi connectivity index (χ4n) is 2.38. The molecule has 1 heterocycles. The number of urea groups is 1. The maximum Gasteiger partial charge on any atom is 0.317 e. The van der Waals surface area contributed by atoms with Crippen LogP contribution in [0, 0.1) is 0 Å². The van der Waals surface area contributed by atoms with E-state index in [9.17, 15) is 4.79 Å². The van der Waals surface area contributed by atoms with Gasteiger partial charge in [-0.1, -0.05) is 36.7 Å². The van der Waals surface area contributed by atoms with Crippen LogP contribution in [0.15, 0.2) is 24.3 Å². The van der Waals surface area contributed by atoms with E-state index in [0.29, 0.717) is 6.54 Å². The second-order valence-corrected chi connectivity index (χ2v) is 5.40. The van der Waals surface area contributed by atoms with Crippen molar-refractivity contribution in [3.05, 3.63) is 34.9 Å². The molecule has 4 nitrogen and oxygen atoms in total. The minimum atomic E-state index is 0.0350. The standard InChI is InChI=1S/C15H22ClN3O/c1-2-18-9-11-19(12-10-18)15(20)17-8-7-13-5-3-4-6-14(13)16/h3-6H,2,7-12H2,1H3,(H,17,20). The summed E-state index contributed by atoms with van der Waals surface area (Å²) < 4.78 is 0. The Kier molecular flexibility index (Phi) is 5.68. The van der Waals surface area contributed by atoms with Crippen LogP contribution in [0.4, 0.5) is 4.79 Å². The van der Waals surface area contributed by atoms with Crippen LogP contribution in [-0.2, 0) is 6.42 Å². The van der Waals surface area contributed by atoms with Crippen LogP contribution in [0.25, 0.3) is 0 Å². The number of hydrogen-bond donors (Lipinski definition) is 1. The second kappa shape index (κ2) is 7.50. The van der Waals surface area contributed by atoms with Gasteiger partial charge in [-0.05, 0) is 24.6 Å². The lowest BCUT2D eigenvalue weighted by Crippen LogP contribution is -2.51. The molecule has 110 valence electrons. The van der Waals surface area contributed by atoms with Crippen molar-refractivity contribution in [3.8, 4) is 0 Å². The average Bonchev–Trinajstić information content (AvgIpc) is 2.49. The first-order valence-electron chi connectivity index (χ1n) is 7.19. The van der Waals surface area contributed by atoms with E-state index in [-0.39, 0.29) is 6.03 Å². The van der Waals surface area contributed by atoms with Gasteiger partial charge in [-0.2, -0.15) is 0 Å². The Morgan fingerprint density at radius 2 is 1.95 bits per heavy atom. The topological polar surface area (TPSA) is 35.6 Å². The molecule has 0 spiro atoms. The third-order valence-electron chi connectivity index (χ3n) is 3.74. The van der Waals surface area contributed by atoms with E-state index in [2.05, 4.69) is 17.1 Å². The van der Waals surface area contributed by atoms with Gasteiger partial charge in [-0.15, -0.1) is 0 Å². The van der Waals surface area contributed by atoms with Gasteiger partial charge >= 0.3 is 6.03 Å². The molecule has 0 radical (unpaired) electrons.